The van der Waals surface area contributed by atoms with E-state index in [2.05, 4.69) is 4.74 Å². The van der Waals surface area contributed by atoms with E-state index in [1.807, 2.05) is 13.0 Å². The van der Waals surface area contributed by atoms with Crippen LogP contribution in [0.25, 0.3) is 0 Å². The normalized spacial score (nSPS) is 9.00. The highest BCUT2D eigenvalue weighted by Crippen LogP contribution is 2.19. The molecule has 0 spiro atoms. The van der Waals surface area contributed by atoms with Gasteiger partial charge in [-0.15, -0.1) is 11.3 Å². The Morgan fingerprint density at radius 2 is 2.56 bits per heavy atom. The maximum absolute atomic E-state index is 9.77. The fraction of sp³-hybridized carbons (Fsp3) is 0.167. The SMILES string of the molecule is Cc1cc(OC=O)cs1. The van der Waals surface area contributed by atoms with E-state index < -0.39 is 0 Å². The van der Waals surface area contributed by atoms with Crippen LogP contribution >= 0.6 is 11.3 Å². The predicted octanol–water partition coefficient (Wildman–Crippen LogP) is 1.59. The summed E-state index contributed by atoms with van der Waals surface area (Å²) in [6.07, 6.45) is 0. The van der Waals surface area contributed by atoms with Crippen molar-refractivity contribution in [3.05, 3.63) is 16.3 Å². The van der Waals surface area contributed by atoms with Crippen molar-refractivity contribution in [1.29, 1.82) is 0 Å². The van der Waals surface area contributed by atoms with Gasteiger partial charge in [-0.25, -0.2) is 0 Å². The highest BCUT2D eigenvalue weighted by Gasteiger charge is 1.93. The Hall–Kier alpha value is -0.830. The van der Waals surface area contributed by atoms with Gasteiger partial charge in [-0.2, -0.15) is 0 Å². The topological polar surface area (TPSA) is 26.3 Å². The molecule has 0 saturated carbocycles. The van der Waals surface area contributed by atoms with E-state index in [4.69, 9.17) is 0 Å². The van der Waals surface area contributed by atoms with E-state index in [0.717, 1.165) is 4.88 Å². The highest BCUT2D eigenvalue weighted by atomic mass is 32.1. The van der Waals surface area contributed by atoms with E-state index >= 15 is 0 Å². The number of hydrogen-bond donors (Lipinski definition) is 0. The summed E-state index contributed by atoms with van der Waals surface area (Å²) in [6.45, 7) is 2.39. The van der Waals surface area contributed by atoms with Gasteiger partial charge in [0.2, 0.25) is 0 Å². The van der Waals surface area contributed by atoms with Gasteiger partial charge in [0, 0.05) is 10.3 Å². The van der Waals surface area contributed by atoms with Gasteiger partial charge >= 0.3 is 0 Å². The Morgan fingerprint density at radius 3 is 3.00 bits per heavy atom. The summed E-state index contributed by atoms with van der Waals surface area (Å²) in [7, 11) is 0. The van der Waals surface area contributed by atoms with Crippen LogP contribution in [0, 0.1) is 6.92 Å². The highest BCUT2D eigenvalue weighted by molar-refractivity contribution is 7.10. The average molecular weight is 142 g/mol. The standard InChI is InChI=1S/C6H6O2S/c1-5-2-6(3-9-5)8-4-7/h2-4H,1H3. The van der Waals surface area contributed by atoms with Crippen molar-refractivity contribution in [2.75, 3.05) is 0 Å². The van der Waals surface area contributed by atoms with E-state index in [1.165, 1.54) is 0 Å². The van der Waals surface area contributed by atoms with Crippen LogP contribution in [0.15, 0.2) is 11.4 Å². The van der Waals surface area contributed by atoms with Crippen molar-refractivity contribution >= 4 is 17.8 Å². The second-order valence-electron chi connectivity index (χ2n) is 1.61. The zero-order valence-corrected chi connectivity index (χ0v) is 5.77. The first kappa shape index (κ1) is 6.29. The first-order chi connectivity index (χ1) is 4.33. The van der Waals surface area contributed by atoms with Gasteiger partial charge in [-0.1, -0.05) is 0 Å². The molecule has 0 fully saturated rings. The molecule has 0 unspecified atom stereocenters. The molecule has 1 rings (SSSR count). The monoisotopic (exact) mass is 142 g/mol. The zero-order chi connectivity index (χ0) is 6.69. The summed E-state index contributed by atoms with van der Waals surface area (Å²) >= 11 is 1.56. The van der Waals surface area contributed by atoms with Gasteiger partial charge in [-0.05, 0) is 13.0 Å². The van der Waals surface area contributed by atoms with Crippen molar-refractivity contribution in [2.45, 2.75) is 6.92 Å². The molecule has 0 N–H and O–H groups in total. The molecule has 0 radical (unpaired) electrons. The molecule has 0 saturated heterocycles. The Balaban J connectivity index is 2.72. The first-order valence-corrected chi connectivity index (χ1v) is 3.36. The maximum atomic E-state index is 9.77. The van der Waals surface area contributed by atoms with Crippen LogP contribution in [0.4, 0.5) is 0 Å². The molecular formula is C6H6O2S. The molecule has 0 aliphatic heterocycles. The number of aryl methyl sites for hydroxylation is 1. The van der Waals surface area contributed by atoms with Crippen LogP contribution in [-0.4, -0.2) is 6.47 Å². The fourth-order valence-corrected chi connectivity index (χ4v) is 1.15. The van der Waals surface area contributed by atoms with Crippen molar-refractivity contribution in [3.8, 4) is 5.75 Å². The third kappa shape index (κ3) is 1.54. The summed E-state index contributed by atoms with van der Waals surface area (Å²) in [5.74, 6) is 0.632. The summed E-state index contributed by atoms with van der Waals surface area (Å²) in [6, 6.07) is 1.82. The maximum Gasteiger partial charge on any atom is 0.298 e. The zero-order valence-electron chi connectivity index (χ0n) is 4.96. The van der Waals surface area contributed by atoms with Crippen molar-refractivity contribution < 1.29 is 9.53 Å². The Kier molecular flexibility index (Phi) is 1.85. The number of rotatable bonds is 2. The molecule has 0 bridgehead atoms. The molecule has 48 valence electrons. The van der Waals surface area contributed by atoms with Gasteiger partial charge in [-0.3, -0.25) is 4.79 Å². The smallest absolute Gasteiger partial charge is 0.298 e. The van der Waals surface area contributed by atoms with E-state index in [9.17, 15) is 4.79 Å². The number of hydrogen-bond acceptors (Lipinski definition) is 3. The van der Waals surface area contributed by atoms with Gasteiger partial charge in [0.15, 0.2) is 0 Å². The van der Waals surface area contributed by atoms with Crippen molar-refractivity contribution in [2.24, 2.45) is 0 Å². The minimum absolute atomic E-state index is 0.432. The first-order valence-electron chi connectivity index (χ1n) is 2.48. The van der Waals surface area contributed by atoms with Crippen molar-refractivity contribution in [3.63, 3.8) is 0 Å². The summed E-state index contributed by atoms with van der Waals surface area (Å²) in [4.78, 5) is 10.9. The van der Waals surface area contributed by atoms with Crippen LogP contribution in [0.1, 0.15) is 4.88 Å². The molecule has 1 aromatic rings. The molecule has 0 atom stereocenters. The molecule has 9 heavy (non-hydrogen) atoms. The molecule has 0 aliphatic rings. The van der Waals surface area contributed by atoms with Gasteiger partial charge in [0.05, 0.1) is 0 Å². The van der Waals surface area contributed by atoms with Crippen LogP contribution in [-0.2, 0) is 4.79 Å². The molecule has 0 aromatic carbocycles. The van der Waals surface area contributed by atoms with Crippen LogP contribution < -0.4 is 4.74 Å². The Bertz CT molecular complexity index is 205. The minimum Gasteiger partial charge on any atom is -0.428 e. The Labute approximate surface area is 57.1 Å². The molecule has 0 aliphatic carbocycles. The lowest BCUT2D eigenvalue weighted by Gasteiger charge is -1.85. The predicted molar refractivity (Wildman–Crippen MR) is 35.7 cm³/mol. The second-order valence-corrected chi connectivity index (χ2v) is 2.72. The quantitative estimate of drug-likeness (QED) is 0.586. The molecule has 1 aromatic heterocycles. The van der Waals surface area contributed by atoms with Crippen LogP contribution in [0.5, 0.6) is 5.75 Å². The molecule has 2 nitrogen and oxygen atoms in total. The lowest BCUT2D eigenvalue weighted by molar-refractivity contribution is -0.120. The van der Waals surface area contributed by atoms with Gasteiger partial charge in [0.25, 0.3) is 6.47 Å². The molecular weight excluding hydrogens is 136 g/mol. The van der Waals surface area contributed by atoms with Crippen LogP contribution in [0.2, 0.25) is 0 Å². The summed E-state index contributed by atoms with van der Waals surface area (Å²) in [5.41, 5.74) is 0. The Morgan fingerprint density at radius 1 is 1.78 bits per heavy atom. The molecule has 0 amide bonds. The number of carbonyl (C=O) groups is 1. The lowest BCUT2D eigenvalue weighted by Crippen LogP contribution is -1.83. The van der Waals surface area contributed by atoms with Gasteiger partial charge in [0.1, 0.15) is 5.75 Å². The second kappa shape index (κ2) is 2.64. The molecule has 3 heteroatoms. The third-order valence-electron chi connectivity index (χ3n) is 0.891. The largest absolute Gasteiger partial charge is 0.428 e. The van der Waals surface area contributed by atoms with Crippen molar-refractivity contribution in [1.82, 2.24) is 0 Å². The third-order valence-corrected chi connectivity index (χ3v) is 1.73. The fourth-order valence-electron chi connectivity index (χ4n) is 0.537. The van der Waals surface area contributed by atoms with E-state index in [0.29, 0.717) is 12.2 Å². The number of thiophene rings is 1. The van der Waals surface area contributed by atoms with Gasteiger partial charge < -0.3 is 4.74 Å². The number of carbonyl (C=O) groups excluding carboxylic acids is 1. The summed E-state index contributed by atoms with van der Waals surface area (Å²) < 4.78 is 4.56. The summed E-state index contributed by atoms with van der Waals surface area (Å²) in [5, 5.41) is 1.80. The van der Waals surface area contributed by atoms with E-state index in [-0.39, 0.29) is 0 Å². The molecule has 1 heterocycles. The minimum atomic E-state index is 0.432. The number of ether oxygens (including phenoxy) is 1. The van der Waals surface area contributed by atoms with E-state index in [1.54, 1.807) is 16.7 Å². The average Bonchev–Trinajstić information content (AvgIpc) is 2.17. The lowest BCUT2D eigenvalue weighted by atomic mass is 10.5. The van der Waals surface area contributed by atoms with Crippen LogP contribution in [0.3, 0.4) is 0 Å².